The molecule has 0 aliphatic rings. The number of aromatic nitrogens is 1. The van der Waals surface area contributed by atoms with Crippen molar-refractivity contribution in [2.75, 3.05) is 0 Å². The van der Waals surface area contributed by atoms with E-state index in [-0.39, 0.29) is 5.75 Å². The fourth-order valence-electron chi connectivity index (χ4n) is 2.23. The highest BCUT2D eigenvalue weighted by Gasteiger charge is 2.11. The van der Waals surface area contributed by atoms with Gasteiger partial charge in [-0.3, -0.25) is 9.98 Å². The second kappa shape index (κ2) is 6.68. The van der Waals surface area contributed by atoms with Gasteiger partial charge < -0.3 is 5.11 Å². The summed E-state index contributed by atoms with van der Waals surface area (Å²) >= 11 is 0. The molecule has 108 valence electrons. The van der Waals surface area contributed by atoms with Crippen LogP contribution in [-0.2, 0) is 6.54 Å². The monoisotopic (exact) mass is 288 g/mol. The fraction of sp³-hybridized carbons (Fsp3) is 0.0526. The van der Waals surface area contributed by atoms with Crippen LogP contribution < -0.4 is 0 Å². The summed E-state index contributed by atoms with van der Waals surface area (Å²) in [7, 11) is 0. The zero-order valence-electron chi connectivity index (χ0n) is 12.1. The molecule has 1 heterocycles. The second-order valence-electron chi connectivity index (χ2n) is 4.88. The highest BCUT2D eigenvalue weighted by Crippen LogP contribution is 2.20. The predicted molar refractivity (Wildman–Crippen MR) is 88.1 cm³/mol. The van der Waals surface area contributed by atoms with E-state index in [1.807, 2.05) is 60.7 Å². The Morgan fingerprint density at radius 1 is 0.864 bits per heavy atom. The Balaban J connectivity index is 2.02. The first-order valence-corrected chi connectivity index (χ1v) is 7.13. The Bertz CT molecular complexity index is 768. The number of rotatable bonds is 4. The van der Waals surface area contributed by atoms with E-state index < -0.39 is 0 Å². The quantitative estimate of drug-likeness (QED) is 0.742. The van der Waals surface area contributed by atoms with Crippen LogP contribution in [0.15, 0.2) is 84.0 Å². The summed E-state index contributed by atoms with van der Waals surface area (Å²) < 4.78 is 0. The lowest BCUT2D eigenvalue weighted by Crippen LogP contribution is -2.06. The van der Waals surface area contributed by atoms with E-state index in [2.05, 4.69) is 9.98 Å². The minimum atomic E-state index is 0.208. The molecule has 3 nitrogen and oxygen atoms in total. The standard InChI is InChI=1S/C19H16N2O/c22-18-12-5-4-10-16(18)19(17-11-6-7-13-20-17)21-14-15-8-2-1-3-9-15/h1-13,22H,14H2. The van der Waals surface area contributed by atoms with Gasteiger partial charge in [0, 0.05) is 11.8 Å². The SMILES string of the molecule is Oc1ccccc1C(=NCc1ccccc1)c1ccccn1. The molecule has 2 aromatic carbocycles. The molecular formula is C19H16N2O. The van der Waals surface area contributed by atoms with Crippen LogP contribution in [0.4, 0.5) is 0 Å². The summed E-state index contributed by atoms with van der Waals surface area (Å²) in [6.07, 6.45) is 1.73. The Morgan fingerprint density at radius 3 is 2.32 bits per heavy atom. The summed E-state index contributed by atoms with van der Waals surface area (Å²) in [5.74, 6) is 0.208. The summed E-state index contributed by atoms with van der Waals surface area (Å²) in [6.45, 7) is 0.543. The Kier molecular flexibility index (Phi) is 4.25. The van der Waals surface area contributed by atoms with Gasteiger partial charge in [0.05, 0.1) is 18.0 Å². The minimum Gasteiger partial charge on any atom is -0.507 e. The van der Waals surface area contributed by atoms with Gasteiger partial charge in [0.2, 0.25) is 0 Å². The van der Waals surface area contributed by atoms with E-state index >= 15 is 0 Å². The van der Waals surface area contributed by atoms with Crippen molar-refractivity contribution in [2.45, 2.75) is 6.54 Å². The molecule has 0 saturated heterocycles. The van der Waals surface area contributed by atoms with E-state index in [1.165, 1.54) is 0 Å². The van der Waals surface area contributed by atoms with E-state index in [0.717, 1.165) is 11.3 Å². The van der Waals surface area contributed by atoms with E-state index in [9.17, 15) is 5.11 Å². The molecule has 0 amide bonds. The molecule has 3 heteroatoms. The van der Waals surface area contributed by atoms with Crippen molar-refractivity contribution in [1.82, 2.24) is 4.98 Å². The molecule has 3 rings (SSSR count). The molecule has 0 atom stereocenters. The normalized spacial score (nSPS) is 11.4. The Hall–Kier alpha value is -2.94. The smallest absolute Gasteiger partial charge is 0.125 e. The second-order valence-corrected chi connectivity index (χ2v) is 4.88. The number of pyridine rings is 1. The maximum Gasteiger partial charge on any atom is 0.125 e. The molecule has 3 aromatic rings. The molecule has 0 saturated carbocycles. The molecular weight excluding hydrogens is 272 g/mol. The van der Waals surface area contributed by atoms with Crippen molar-refractivity contribution < 1.29 is 5.11 Å². The first-order chi connectivity index (χ1) is 10.8. The highest BCUT2D eigenvalue weighted by atomic mass is 16.3. The lowest BCUT2D eigenvalue weighted by atomic mass is 10.1. The lowest BCUT2D eigenvalue weighted by molar-refractivity contribution is 0.474. The van der Waals surface area contributed by atoms with Gasteiger partial charge in [-0.15, -0.1) is 0 Å². The number of benzene rings is 2. The fourth-order valence-corrected chi connectivity index (χ4v) is 2.23. The number of phenolic OH excluding ortho intramolecular Hbond substituents is 1. The van der Waals surface area contributed by atoms with Crippen LogP contribution in [0.5, 0.6) is 5.75 Å². The Morgan fingerprint density at radius 2 is 1.59 bits per heavy atom. The van der Waals surface area contributed by atoms with E-state index in [1.54, 1.807) is 18.3 Å². The number of phenols is 1. The van der Waals surface area contributed by atoms with Crippen molar-refractivity contribution in [3.63, 3.8) is 0 Å². The minimum absolute atomic E-state index is 0.208. The van der Waals surface area contributed by atoms with Crippen molar-refractivity contribution >= 4 is 5.71 Å². The van der Waals surface area contributed by atoms with Gasteiger partial charge in [0.25, 0.3) is 0 Å². The number of aliphatic imine (C=N–C) groups is 1. The molecule has 0 fully saturated rings. The predicted octanol–water partition coefficient (Wildman–Crippen LogP) is 3.82. The third-order valence-electron chi connectivity index (χ3n) is 3.33. The third kappa shape index (κ3) is 3.20. The molecule has 0 unspecified atom stereocenters. The van der Waals surface area contributed by atoms with Gasteiger partial charge in [-0.2, -0.15) is 0 Å². The van der Waals surface area contributed by atoms with Gasteiger partial charge in [0.15, 0.2) is 0 Å². The zero-order chi connectivity index (χ0) is 15.2. The molecule has 22 heavy (non-hydrogen) atoms. The maximum absolute atomic E-state index is 10.1. The zero-order valence-corrected chi connectivity index (χ0v) is 12.1. The van der Waals surface area contributed by atoms with Crippen LogP contribution in [0, 0.1) is 0 Å². The van der Waals surface area contributed by atoms with Gasteiger partial charge in [-0.1, -0.05) is 48.5 Å². The molecule has 0 spiro atoms. The molecule has 1 N–H and O–H groups in total. The molecule has 0 bridgehead atoms. The Labute approximate surface area is 129 Å². The average molecular weight is 288 g/mol. The van der Waals surface area contributed by atoms with Crippen LogP contribution in [0.25, 0.3) is 0 Å². The summed E-state index contributed by atoms with van der Waals surface area (Å²) in [5, 5.41) is 10.1. The summed E-state index contributed by atoms with van der Waals surface area (Å²) in [4.78, 5) is 9.06. The van der Waals surface area contributed by atoms with Crippen LogP contribution >= 0.6 is 0 Å². The first kappa shape index (κ1) is 14.0. The highest BCUT2D eigenvalue weighted by molar-refractivity contribution is 6.13. The number of nitrogens with zero attached hydrogens (tertiary/aromatic N) is 2. The van der Waals surface area contributed by atoms with Crippen LogP contribution in [0.2, 0.25) is 0 Å². The third-order valence-corrected chi connectivity index (χ3v) is 3.33. The number of para-hydroxylation sites is 1. The van der Waals surface area contributed by atoms with Crippen molar-refractivity contribution in [1.29, 1.82) is 0 Å². The van der Waals surface area contributed by atoms with E-state index in [4.69, 9.17) is 0 Å². The van der Waals surface area contributed by atoms with Gasteiger partial charge >= 0.3 is 0 Å². The van der Waals surface area contributed by atoms with Gasteiger partial charge in [-0.05, 0) is 29.8 Å². The first-order valence-electron chi connectivity index (χ1n) is 7.13. The largest absolute Gasteiger partial charge is 0.507 e. The summed E-state index contributed by atoms with van der Waals surface area (Å²) in [5.41, 5.74) is 3.26. The topological polar surface area (TPSA) is 45.5 Å². The van der Waals surface area contributed by atoms with Crippen molar-refractivity contribution in [2.24, 2.45) is 4.99 Å². The number of hydrogen-bond acceptors (Lipinski definition) is 3. The maximum atomic E-state index is 10.1. The van der Waals surface area contributed by atoms with Gasteiger partial charge in [-0.25, -0.2) is 0 Å². The van der Waals surface area contributed by atoms with Crippen LogP contribution in [0.1, 0.15) is 16.8 Å². The van der Waals surface area contributed by atoms with Gasteiger partial charge in [0.1, 0.15) is 5.75 Å². The molecule has 1 aromatic heterocycles. The molecule has 0 radical (unpaired) electrons. The number of aromatic hydroxyl groups is 1. The lowest BCUT2D eigenvalue weighted by Gasteiger charge is -2.08. The summed E-state index contributed by atoms with van der Waals surface area (Å²) in [6, 6.07) is 22.9. The van der Waals surface area contributed by atoms with E-state index in [0.29, 0.717) is 17.8 Å². The molecule has 0 aliphatic heterocycles. The average Bonchev–Trinajstić information content (AvgIpc) is 2.58. The van der Waals surface area contributed by atoms with Crippen LogP contribution in [0.3, 0.4) is 0 Å². The van der Waals surface area contributed by atoms with Crippen molar-refractivity contribution in [3.05, 3.63) is 95.8 Å². The van der Waals surface area contributed by atoms with Crippen molar-refractivity contribution in [3.8, 4) is 5.75 Å². The molecule has 0 aliphatic carbocycles. The number of hydrogen-bond donors (Lipinski definition) is 1. The van der Waals surface area contributed by atoms with Crippen LogP contribution in [-0.4, -0.2) is 15.8 Å².